The van der Waals surface area contributed by atoms with Crippen LogP contribution < -0.4 is 0 Å². The van der Waals surface area contributed by atoms with E-state index in [1.54, 1.807) is 0 Å². The van der Waals surface area contributed by atoms with Gasteiger partial charge in [-0.1, -0.05) is 26.0 Å². The van der Waals surface area contributed by atoms with E-state index in [1.165, 1.54) is 13.8 Å². The zero-order valence-electron chi connectivity index (χ0n) is 11.1. The van der Waals surface area contributed by atoms with Gasteiger partial charge in [0.25, 0.3) is 0 Å². The maximum Gasteiger partial charge on any atom is 0.194 e. The Labute approximate surface area is 117 Å². The molecule has 0 spiro atoms. The average Bonchev–Trinajstić information content (AvgIpc) is 2.41. The molecule has 6 heteroatoms. The van der Waals surface area contributed by atoms with Crippen LogP contribution in [-0.4, -0.2) is 0 Å². The zero-order chi connectivity index (χ0) is 15.9. The highest BCUT2D eigenvalue weighted by atomic mass is 19.2. The van der Waals surface area contributed by atoms with Crippen molar-refractivity contribution >= 4 is 0 Å². The van der Waals surface area contributed by atoms with Gasteiger partial charge in [-0.25, -0.2) is 26.3 Å². The molecule has 21 heavy (non-hydrogen) atoms. The lowest BCUT2D eigenvalue weighted by atomic mass is 9.77. The number of hydrogen-bond donors (Lipinski definition) is 0. The van der Waals surface area contributed by atoms with Crippen LogP contribution in [0.2, 0.25) is 0 Å². The van der Waals surface area contributed by atoms with Crippen LogP contribution in [0.4, 0.5) is 26.3 Å². The molecule has 0 aliphatic heterocycles. The van der Waals surface area contributed by atoms with Gasteiger partial charge < -0.3 is 0 Å². The summed E-state index contributed by atoms with van der Waals surface area (Å²) in [6.45, 7) is 2.58. The second-order valence-electron chi connectivity index (χ2n) is 5.07. The van der Waals surface area contributed by atoms with E-state index >= 15 is 0 Å². The first-order valence-corrected chi connectivity index (χ1v) is 5.96. The van der Waals surface area contributed by atoms with Crippen LogP contribution in [0, 0.1) is 34.9 Å². The fraction of sp³-hybridized carbons (Fsp3) is 0.200. The van der Waals surface area contributed by atoms with Gasteiger partial charge in [0, 0.05) is 16.5 Å². The minimum atomic E-state index is -1.71. The molecule has 0 atom stereocenters. The quantitative estimate of drug-likeness (QED) is 0.550. The van der Waals surface area contributed by atoms with Crippen molar-refractivity contribution in [3.63, 3.8) is 0 Å². The van der Waals surface area contributed by atoms with Gasteiger partial charge in [0.2, 0.25) is 0 Å². The second-order valence-corrected chi connectivity index (χ2v) is 5.07. The maximum atomic E-state index is 13.9. The van der Waals surface area contributed by atoms with E-state index < -0.39 is 40.3 Å². The number of hydrogen-bond acceptors (Lipinski definition) is 0. The third-order valence-corrected chi connectivity index (χ3v) is 3.42. The van der Waals surface area contributed by atoms with Crippen molar-refractivity contribution in [1.29, 1.82) is 0 Å². The van der Waals surface area contributed by atoms with Crippen LogP contribution in [0.15, 0.2) is 24.3 Å². The predicted octanol–water partition coefficient (Wildman–Crippen LogP) is 4.85. The van der Waals surface area contributed by atoms with Crippen molar-refractivity contribution in [2.75, 3.05) is 0 Å². The molecule has 0 aromatic heterocycles. The monoisotopic (exact) mass is 304 g/mol. The molecule has 0 unspecified atom stereocenters. The van der Waals surface area contributed by atoms with Gasteiger partial charge >= 0.3 is 0 Å². The Kier molecular flexibility index (Phi) is 3.74. The summed E-state index contributed by atoms with van der Waals surface area (Å²) in [5.41, 5.74) is -2.27. The topological polar surface area (TPSA) is 0 Å². The molecule has 0 fully saturated rings. The number of rotatable bonds is 2. The lowest BCUT2D eigenvalue weighted by Crippen LogP contribution is -2.24. The van der Waals surface area contributed by atoms with Gasteiger partial charge in [0.05, 0.1) is 0 Å². The fourth-order valence-corrected chi connectivity index (χ4v) is 2.16. The highest BCUT2D eigenvalue weighted by Crippen LogP contribution is 2.36. The SMILES string of the molecule is CC(C)(c1ccc(F)c(F)c1F)c1ccc(F)c(F)c1F. The molecule has 112 valence electrons. The first-order chi connectivity index (χ1) is 9.67. The fourth-order valence-electron chi connectivity index (χ4n) is 2.16. The van der Waals surface area contributed by atoms with E-state index in [1.807, 2.05) is 0 Å². The highest BCUT2D eigenvalue weighted by molar-refractivity contribution is 5.40. The molecule has 0 aliphatic rings. The highest BCUT2D eigenvalue weighted by Gasteiger charge is 2.33. The van der Waals surface area contributed by atoms with Crippen LogP contribution in [-0.2, 0) is 5.41 Å². The molecule has 0 radical (unpaired) electrons. The van der Waals surface area contributed by atoms with E-state index in [0.29, 0.717) is 12.1 Å². The normalized spacial score (nSPS) is 11.8. The largest absolute Gasteiger partial charge is 0.204 e. The Bertz CT molecular complexity index is 646. The minimum Gasteiger partial charge on any atom is -0.204 e. The summed E-state index contributed by atoms with van der Waals surface area (Å²) < 4.78 is 80.2. The third-order valence-electron chi connectivity index (χ3n) is 3.42. The first-order valence-electron chi connectivity index (χ1n) is 5.96. The van der Waals surface area contributed by atoms with Crippen LogP contribution in [0.3, 0.4) is 0 Å². The summed E-state index contributed by atoms with van der Waals surface area (Å²) >= 11 is 0. The zero-order valence-corrected chi connectivity index (χ0v) is 11.1. The van der Waals surface area contributed by atoms with Gasteiger partial charge in [0.1, 0.15) is 0 Å². The summed E-state index contributed by atoms with van der Waals surface area (Å²) in [5.74, 6) is -9.18. The van der Waals surface area contributed by atoms with Crippen LogP contribution in [0.5, 0.6) is 0 Å². The molecular formula is C15H10F6. The summed E-state index contributed by atoms with van der Waals surface area (Å²) in [6.07, 6.45) is 0. The van der Waals surface area contributed by atoms with Crippen molar-refractivity contribution in [2.24, 2.45) is 0 Å². The van der Waals surface area contributed by atoms with E-state index in [9.17, 15) is 26.3 Å². The van der Waals surface area contributed by atoms with Crippen molar-refractivity contribution in [1.82, 2.24) is 0 Å². The second kappa shape index (κ2) is 5.09. The van der Waals surface area contributed by atoms with Gasteiger partial charge in [-0.3, -0.25) is 0 Å². The van der Waals surface area contributed by atoms with Crippen molar-refractivity contribution < 1.29 is 26.3 Å². The third kappa shape index (κ3) is 2.39. The summed E-state index contributed by atoms with van der Waals surface area (Å²) in [6, 6.07) is 3.25. The maximum absolute atomic E-state index is 13.9. The Morgan fingerprint density at radius 1 is 0.571 bits per heavy atom. The molecule has 2 rings (SSSR count). The molecule has 0 saturated carbocycles. The lowest BCUT2D eigenvalue weighted by molar-refractivity contribution is 0.411. The molecule has 0 N–H and O–H groups in total. The molecule has 0 amide bonds. The van der Waals surface area contributed by atoms with Crippen molar-refractivity contribution in [3.05, 3.63) is 70.3 Å². The van der Waals surface area contributed by atoms with Crippen LogP contribution >= 0.6 is 0 Å². The summed E-state index contributed by atoms with van der Waals surface area (Å²) in [5, 5.41) is 0. The Morgan fingerprint density at radius 3 is 1.24 bits per heavy atom. The number of halogens is 6. The average molecular weight is 304 g/mol. The molecule has 0 saturated heterocycles. The molecule has 0 bridgehead atoms. The van der Waals surface area contributed by atoms with E-state index in [4.69, 9.17) is 0 Å². The molecule has 2 aromatic carbocycles. The van der Waals surface area contributed by atoms with E-state index in [-0.39, 0.29) is 11.1 Å². The molecule has 0 aliphatic carbocycles. The van der Waals surface area contributed by atoms with Crippen molar-refractivity contribution in [2.45, 2.75) is 19.3 Å². The molecule has 0 heterocycles. The Morgan fingerprint density at radius 2 is 0.905 bits per heavy atom. The van der Waals surface area contributed by atoms with Gasteiger partial charge in [-0.2, -0.15) is 0 Å². The predicted molar refractivity (Wildman–Crippen MR) is 64.8 cm³/mol. The summed E-state index contributed by atoms with van der Waals surface area (Å²) in [4.78, 5) is 0. The molecule has 2 aromatic rings. The van der Waals surface area contributed by atoms with Gasteiger partial charge in [-0.15, -0.1) is 0 Å². The van der Waals surface area contributed by atoms with Gasteiger partial charge in [0.15, 0.2) is 34.9 Å². The number of benzene rings is 2. The minimum absolute atomic E-state index is 0.369. The Balaban J connectivity index is 2.68. The first kappa shape index (κ1) is 15.4. The van der Waals surface area contributed by atoms with E-state index in [0.717, 1.165) is 12.1 Å². The standard InChI is InChI=1S/C15H10F6/c1-15(2,7-3-5-9(16)13(20)11(7)18)8-4-6-10(17)14(21)12(8)19/h3-6H,1-2H3. The lowest BCUT2D eigenvalue weighted by Gasteiger charge is -2.27. The Hall–Kier alpha value is -1.98. The van der Waals surface area contributed by atoms with Crippen LogP contribution in [0.1, 0.15) is 25.0 Å². The van der Waals surface area contributed by atoms with Crippen molar-refractivity contribution in [3.8, 4) is 0 Å². The molecular weight excluding hydrogens is 294 g/mol. The summed E-state index contributed by atoms with van der Waals surface area (Å²) in [7, 11) is 0. The molecule has 0 nitrogen and oxygen atoms in total. The smallest absolute Gasteiger partial charge is 0.194 e. The van der Waals surface area contributed by atoms with E-state index in [2.05, 4.69) is 0 Å². The van der Waals surface area contributed by atoms with Crippen LogP contribution in [0.25, 0.3) is 0 Å². The van der Waals surface area contributed by atoms with Gasteiger partial charge in [-0.05, 0) is 12.1 Å².